The van der Waals surface area contributed by atoms with Crippen LogP contribution in [0, 0.1) is 0 Å². The average molecular weight is 323 g/mol. The third-order valence-electron chi connectivity index (χ3n) is 4.07. The molecule has 0 bridgehead atoms. The molecule has 4 rings (SSSR count). The molecule has 1 aliphatic rings. The second kappa shape index (κ2) is 5.92. The summed E-state index contributed by atoms with van der Waals surface area (Å²) in [5.74, 6) is 1.43. The normalized spacial score (nSPS) is 15.2. The Hall–Kier alpha value is -2.96. The fourth-order valence-corrected chi connectivity index (χ4v) is 2.52. The molecule has 2 N–H and O–H groups in total. The zero-order valence-corrected chi connectivity index (χ0v) is 13.2. The summed E-state index contributed by atoms with van der Waals surface area (Å²) >= 11 is 0. The van der Waals surface area contributed by atoms with E-state index in [0.29, 0.717) is 17.4 Å². The molecule has 2 heterocycles. The standard InChI is InChI=1S/C17H17N5O2/c1-10(17-21-15(22-24-17)11-5-6-11)20-16(23)13-4-2-3-12(7-13)14-8-18-19-9-14/h2-4,7-11H,5-6H2,1H3,(H,18,19)(H,20,23)/t10-/m1/s1. The predicted octanol–water partition coefficient (Wildman–Crippen LogP) is 2.83. The van der Waals surface area contributed by atoms with E-state index in [9.17, 15) is 4.79 Å². The maximum absolute atomic E-state index is 12.5. The zero-order chi connectivity index (χ0) is 16.5. The molecule has 1 fully saturated rings. The van der Waals surface area contributed by atoms with Crippen molar-refractivity contribution in [2.45, 2.75) is 31.7 Å². The highest BCUT2D eigenvalue weighted by molar-refractivity contribution is 5.95. The fraction of sp³-hybridized carbons (Fsp3) is 0.294. The zero-order valence-electron chi connectivity index (χ0n) is 13.2. The van der Waals surface area contributed by atoms with Gasteiger partial charge in [-0.25, -0.2) is 0 Å². The van der Waals surface area contributed by atoms with E-state index in [0.717, 1.165) is 29.8 Å². The Morgan fingerprint density at radius 1 is 1.38 bits per heavy atom. The Morgan fingerprint density at radius 2 is 2.25 bits per heavy atom. The van der Waals surface area contributed by atoms with Crippen molar-refractivity contribution in [3.63, 3.8) is 0 Å². The SMILES string of the molecule is C[C@@H](NC(=O)c1cccc(-c2cn[nH]c2)c1)c1nc(C2CC2)no1. The van der Waals surface area contributed by atoms with Gasteiger partial charge in [0.1, 0.15) is 6.04 Å². The highest BCUT2D eigenvalue weighted by Crippen LogP contribution is 2.38. The van der Waals surface area contributed by atoms with Crippen LogP contribution in [0.15, 0.2) is 41.2 Å². The van der Waals surface area contributed by atoms with Crippen LogP contribution in [0.5, 0.6) is 0 Å². The molecule has 3 aromatic rings. The van der Waals surface area contributed by atoms with E-state index < -0.39 is 0 Å². The van der Waals surface area contributed by atoms with Crippen LogP contribution in [0.25, 0.3) is 11.1 Å². The second-order valence-electron chi connectivity index (χ2n) is 6.03. The molecule has 0 aliphatic heterocycles. The number of benzene rings is 1. The average Bonchev–Trinajstić information content (AvgIpc) is 3.12. The van der Waals surface area contributed by atoms with Crippen molar-refractivity contribution in [2.24, 2.45) is 0 Å². The number of nitrogens with zero attached hydrogens (tertiary/aromatic N) is 3. The molecule has 0 unspecified atom stereocenters. The van der Waals surface area contributed by atoms with Crippen molar-refractivity contribution in [1.82, 2.24) is 25.7 Å². The Morgan fingerprint density at radius 3 is 3.00 bits per heavy atom. The van der Waals surface area contributed by atoms with Gasteiger partial charge in [0.05, 0.1) is 6.20 Å². The smallest absolute Gasteiger partial charge is 0.251 e. The number of hydrogen-bond donors (Lipinski definition) is 2. The molecule has 7 nitrogen and oxygen atoms in total. The van der Waals surface area contributed by atoms with Gasteiger partial charge >= 0.3 is 0 Å². The molecule has 24 heavy (non-hydrogen) atoms. The first-order valence-corrected chi connectivity index (χ1v) is 7.94. The van der Waals surface area contributed by atoms with Crippen LogP contribution in [-0.4, -0.2) is 26.2 Å². The molecule has 1 aromatic carbocycles. The van der Waals surface area contributed by atoms with E-state index in [1.807, 2.05) is 25.1 Å². The highest BCUT2D eigenvalue weighted by Gasteiger charge is 2.29. The van der Waals surface area contributed by atoms with Crippen LogP contribution in [0.3, 0.4) is 0 Å². The molecule has 1 atom stereocenters. The number of nitrogens with one attached hydrogen (secondary N) is 2. The molecule has 2 aromatic heterocycles. The lowest BCUT2D eigenvalue weighted by atomic mass is 10.1. The number of aromatic nitrogens is 4. The van der Waals surface area contributed by atoms with E-state index in [-0.39, 0.29) is 11.9 Å². The molecule has 0 radical (unpaired) electrons. The largest absolute Gasteiger partial charge is 0.341 e. The molecule has 0 saturated heterocycles. The number of carbonyl (C=O) groups is 1. The van der Waals surface area contributed by atoms with Crippen molar-refractivity contribution < 1.29 is 9.32 Å². The molecular weight excluding hydrogens is 306 g/mol. The predicted molar refractivity (Wildman–Crippen MR) is 86.2 cm³/mol. The van der Waals surface area contributed by atoms with E-state index in [4.69, 9.17) is 4.52 Å². The quantitative estimate of drug-likeness (QED) is 0.752. The van der Waals surface area contributed by atoms with Crippen LogP contribution in [0.4, 0.5) is 0 Å². The van der Waals surface area contributed by atoms with Crippen LogP contribution in [0.2, 0.25) is 0 Å². The van der Waals surface area contributed by atoms with Crippen LogP contribution in [0.1, 0.15) is 53.8 Å². The summed E-state index contributed by atoms with van der Waals surface area (Å²) in [4.78, 5) is 16.9. The van der Waals surface area contributed by atoms with E-state index in [1.165, 1.54) is 0 Å². The summed E-state index contributed by atoms with van der Waals surface area (Å²) < 4.78 is 5.26. The molecule has 1 aliphatic carbocycles. The van der Waals surface area contributed by atoms with Gasteiger partial charge in [-0.15, -0.1) is 0 Å². The van der Waals surface area contributed by atoms with Gasteiger partial charge in [-0.1, -0.05) is 17.3 Å². The van der Waals surface area contributed by atoms with Crippen LogP contribution in [-0.2, 0) is 0 Å². The first-order chi connectivity index (χ1) is 11.7. The van der Waals surface area contributed by atoms with Gasteiger partial charge < -0.3 is 9.84 Å². The van der Waals surface area contributed by atoms with Gasteiger partial charge in [-0.2, -0.15) is 10.1 Å². The minimum Gasteiger partial charge on any atom is -0.341 e. The van der Waals surface area contributed by atoms with Gasteiger partial charge in [-0.05, 0) is 37.5 Å². The third kappa shape index (κ3) is 2.92. The Kier molecular flexibility index (Phi) is 3.60. The highest BCUT2D eigenvalue weighted by atomic mass is 16.5. The van der Waals surface area contributed by atoms with Crippen molar-refractivity contribution in [2.75, 3.05) is 0 Å². The summed E-state index contributed by atoms with van der Waals surface area (Å²) in [6.07, 6.45) is 5.73. The van der Waals surface area contributed by atoms with Crippen molar-refractivity contribution >= 4 is 5.91 Å². The summed E-state index contributed by atoms with van der Waals surface area (Å²) in [6.45, 7) is 1.84. The lowest BCUT2D eigenvalue weighted by Gasteiger charge is -2.10. The Bertz CT molecular complexity index is 852. The molecule has 7 heteroatoms. The fourth-order valence-electron chi connectivity index (χ4n) is 2.52. The second-order valence-corrected chi connectivity index (χ2v) is 6.03. The number of carbonyl (C=O) groups excluding carboxylic acids is 1. The molecule has 1 amide bonds. The topological polar surface area (TPSA) is 96.7 Å². The van der Waals surface area contributed by atoms with Gasteiger partial charge in [0.15, 0.2) is 5.82 Å². The van der Waals surface area contributed by atoms with E-state index in [1.54, 1.807) is 18.5 Å². The van der Waals surface area contributed by atoms with Crippen molar-refractivity contribution in [3.05, 3.63) is 53.9 Å². The van der Waals surface area contributed by atoms with Crippen molar-refractivity contribution in [3.8, 4) is 11.1 Å². The minimum atomic E-state index is -0.338. The van der Waals surface area contributed by atoms with Crippen LogP contribution < -0.4 is 5.32 Å². The summed E-state index contributed by atoms with van der Waals surface area (Å²) in [5, 5.41) is 13.6. The van der Waals surface area contributed by atoms with Crippen molar-refractivity contribution in [1.29, 1.82) is 0 Å². The summed E-state index contributed by atoms with van der Waals surface area (Å²) in [7, 11) is 0. The first kappa shape index (κ1) is 14.6. The number of H-pyrrole nitrogens is 1. The lowest BCUT2D eigenvalue weighted by molar-refractivity contribution is 0.0932. The number of amides is 1. The van der Waals surface area contributed by atoms with E-state index >= 15 is 0 Å². The van der Waals surface area contributed by atoms with Gasteiger partial charge in [-0.3, -0.25) is 9.89 Å². The summed E-state index contributed by atoms with van der Waals surface area (Å²) in [5.41, 5.74) is 2.43. The minimum absolute atomic E-state index is 0.181. The molecule has 0 spiro atoms. The number of hydrogen-bond acceptors (Lipinski definition) is 5. The summed E-state index contributed by atoms with van der Waals surface area (Å²) in [6, 6.07) is 7.05. The van der Waals surface area contributed by atoms with E-state index in [2.05, 4.69) is 25.7 Å². The molecule has 1 saturated carbocycles. The van der Waals surface area contributed by atoms with Gasteiger partial charge in [0, 0.05) is 23.2 Å². The van der Waals surface area contributed by atoms with Gasteiger partial charge in [0.25, 0.3) is 5.91 Å². The monoisotopic (exact) mass is 323 g/mol. The number of rotatable bonds is 5. The maximum Gasteiger partial charge on any atom is 0.251 e. The van der Waals surface area contributed by atoms with Crippen LogP contribution >= 0.6 is 0 Å². The Labute approximate surface area is 138 Å². The molecular formula is C17H17N5O2. The molecule has 122 valence electrons. The first-order valence-electron chi connectivity index (χ1n) is 7.94. The Balaban J connectivity index is 1.48. The maximum atomic E-state index is 12.5. The third-order valence-corrected chi connectivity index (χ3v) is 4.07. The number of aromatic amines is 1. The lowest BCUT2D eigenvalue weighted by Crippen LogP contribution is -2.26. The van der Waals surface area contributed by atoms with Gasteiger partial charge in [0.2, 0.25) is 5.89 Å².